The Morgan fingerprint density at radius 1 is 1.06 bits per heavy atom. The van der Waals surface area contributed by atoms with Crippen molar-refractivity contribution >= 4 is 35.0 Å². The van der Waals surface area contributed by atoms with Gasteiger partial charge in [-0.1, -0.05) is 17.7 Å². The maximum atomic E-state index is 15.5. The lowest BCUT2D eigenvalue weighted by Crippen LogP contribution is -2.55. The molecule has 2 aliphatic heterocycles. The summed E-state index contributed by atoms with van der Waals surface area (Å²) in [6.07, 6.45) is 3.24. The van der Waals surface area contributed by atoms with Gasteiger partial charge in [-0.25, -0.2) is 13.8 Å². The number of carbonyl (C=O) groups is 3. The zero-order chi connectivity index (χ0) is 37.3. The van der Waals surface area contributed by atoms with Crippen molar-refractivity contribution in [2.75, 3.05) is 71.9 Å². The van der Waals surface area contributed by atoms with Gasteiger partial charge >= 0.3 is 0 Å². The molecule has 2 aromatic heterocycles. The number of likely N-dealkylation sites (tertiary alicyclic amines) is 1. The highest BCUT2D eigenvalue weighted by Gasteiger charge is 2.37. The number of aliphatic hydroxyl groups is 1. The first-order chi connectivity index (χ1) is 24.8. The smallest absolute Gasteiger partial charge is 0.291 e. The summed E-state index contributed by atoms with van der Waals surface area (Å²) in [6, 6.07) is 7.43. The maximum absolute atomic E-state index is 15.5. The first kappa shape index (κ1) is 37.1. The van der Waals surface area contributed by atoms with E-state index in [-0.39, 0.29) is 51.1 Å². The largest absolute Gasteiger partial charge is 0.387 e. The quantitative estimate of drug-likeness (QED) is 0.238. The third kappa shape index (κ3) is 7.58. The number of likely N-dealkylation sites (N-methyl/N-ethyl adjacent to an activating group) is 1. The summed E-state index contributed by atoms with van der Waals surface area (Å²) in [4.78, 5) is 47.1. The molecule has 16 heteroatoms. The lowest BCUT2D eigenvalue weighted by atomic mass is 10.0. The number of hydrogen-bond donors (Lipinski definition) is 2. The SMILES string of the molecule is COCCn1cc(-c2ccc(-c3cnc(C(=O)Nc4ccc(C(=O)N5CCN(C(=O)C[N+]6(C)CCC(O)C6)CC5)c(Cl)c4)n3C)c(F)c2F)c(C)n1. The number of carbonyl (C=O) groups excluding carboxylic acids is 3. The number of aryl methyl sites for hydroxylation is 1. The van der Waals surface area contributed by atoms with Crippen LogP contribution in [0.2, 0.25) is 5.02 Å². The number of rotatable bonds is 10. The number of imidazole rings is 1. The summed E-state index contributed by atoms with van der Waals surface area (Å²) < 4.78 is 39.5. The molecule has 276 valence electrons. The van der Waals surface area contributed by atoms with Gasteiger partial charge in [0.25, 0.3) is 17.7 Å². The van der Waals surface area contributed by atoms with Crippen molar-refractivity contribution < 1.29 is 37.5 Å². The lowest BCUT2D eigenvalue weighted by Gasteiger charge is -2.37. The van der Waals surface area contributed by atoms with Crippen molar-refractivity contribution in [3.63, 3.8) is 0 Å². The molecule has 4 heterocycles. The van der Waals surface area contributed by atoms with Crippen LogP contribution in [-0.2, 0) is 23.1 Å². The molecule has 2 saturated heterocycles. The van der Waals surface area contributed by atoms with E-state index < -0.39 is 17.5 Å². The second kappa shape index (κ2) is 15.1. The molecular weight excluding hydrogens is 698 g/mol. The highest BCUT2D eigenvalue weighted by Crippen LogP contribution is 2.33. The molecule has 6 rings (SSSR count). The van der Waals surface area contributed by atoms with Gasteiger partial charge in [0.1, 0.15) is 12.6 Å². The second-order valence-electron chi connectivity index (χ2n) is 13.6. The van der Waals surface area contributed by atoms with Gasteiger partial charge in [-0.05, 0) is 31.2 Å². The minimum absolute atomic E-state index is 0.00500. The van der Waals surface area contributed by atoms with Gasteiger partial charge in [0.2, 0.25) is 0 Å². The summed E-state index contributed by atoms with van der Waals surface area (Å²) in [5.41, 5.74) is 1.72. The monoisotopic (exact) mass is 739 g/mol. The first-order valence-corrected chi connectivity index (χ1v) is 17.4. The van der Waals surface area contributed by atoms with Gasteiger partial charge in [-0.3, -0.25) is 19.1 Å². The second-order valence-corrected chi connectivity index (χ2v) is 14.1. The molecule has 3 amide bonds. The number of amides is 3. The number of quaternary nitrogens is 1. The van der Waals surface area contributed by atoms with E-state index in [9.17, 15) is 19.5 Å². The van der Waals surface area contributed by atoms with Crippen LogP contribution < -0.4 is 5.32 Å². The average Bonchev–Trinajstić information content (AvgIpc) is 3.79. The Hall–Kier alpha value is -4.70. The van der Waals surface area contributed by atoms with Gasteiger partial charge in [0.15, 0.2) is 24.0 Å². The van der Waals surface area contributed by atoms with Crippen LogP contribution in [-0.4, -0.2) is 129 Å². The lowest BCUT2D eigenvalue weighted by molar-refractivity contribution is -0.891. The number of piperazine rings is 1. The molecule has 0 aliphatic carbocycles. The highest BCUT2D eigenvalue weighted by molar-refractivity contribution is 6.34. The Labute approximate surface area is 304 Å². The van der Waals surface area contributed by atoms with Crippen molar-refractivity contribution in [2.24, 2.45) is 7.05 Å². The molecule has 2 N–H and O–H groups in total. The van der Waals surface area contributed by atoms with Crippen LogP contribution in [0.1, 0.15) is 33.1 Å². The first-order valence-electron chi connectivity index (χ1n) is 17.0. The van der Waals surface area contributed by atoms with Crippen LogP contribution in [0.15, 0.2) is 42.7 Å². The molecule has 52 heavy (non-hydrogen) atoms. The van der Waals surface area contributed by atoms with E-state index in [2.05, 4.69) is 15.4 Å². The molecule has 0 bridgehead atoms. The standard InChI is InChI=1S/C36H41ClF2N8O5/c1-22-28(19-46(42-22)14-16-52-4)25-7-8-27(33(39)32(25)38)30-18-40-34(43(30)2)35(50)41-23-5-6-26(29(37)17-23)36(51)45-12-10-44(11-13-45)31(49)21-47(3)15-9-24(48)20-47/h5-8,17-19,24,48H,9-16,20-21H2,1-4H3/p+1. The summed E-state index contributed by atoms with van der Waals surface area (Å²) in [5, 5.41) is 17.1. The van der Waals surface area contributed by atoms with Crippen LogP contribution in [0.25, 0.3) is 22.4 Å². The van der Waals surface area contributed by atoms with Gasteiger partial charge in [-0.15, -0.1) is 0 Å². The fourth-order valence-corrected chi connectivity index (χ4v) is 7.17. The number of aromatic nitrogens is 4. The normalized spacial score (nSPS) is 19.0. The summed E-state index contributed by atoms with van der Waals surface area (Å²) in [5.74, 6) is -3.11. The third-order valence-electron chi connectivity index (χ3n) is 9.86. The number of anilines is 1. The maximum Gasteiger partial charge on any atom is 0.291 e. The molecule has 0 spiro atoms. The van der Waals surface area contributed by atoms with E-state index in [1.165, 1.54) is 42.1 Å². The Morgan fingerprint density at radius 3 is 2.42 bits per heavy atom. The number of nitrogens with one attached hydrogen (secondary N) is 1. The van der Waals surface area contributed by atoms with E-state index in [4.69, 9.17) is 16.3 Å². The number of methoxy groups -OCH3 is 1. The van der Waals surface area contributed by atoms with Gasteiger partial charge in [-0.2, -0.15) is 5.10 Å². The summed E-state index contributed by atoms with van der Waals surface area (Å²) in [7, 11) is 5.06. The van der Waals surface area contributed by atoms with E-state index in [0.717, 1.165) is 6.54 Å². The Morgan fingerprint density at radius 2 is 1.75 bits per heavy atom. The Balaban J connectivity index is 1.09. The summed E-state index contributed by atoms with van der Waals surface area (Å²) >= 11 is 6.52. The van der Waals surface area contributed by atoms with Gasteiger partial charge in [0.05, 0.1) is 54.9 Å². The highest BCUT2D eigenvalue weighted by atomic mass is 35.5. The number of hydrogen-bond acceptors (Lipinski definition) is 7. The van der Waals surface area contributed by atoms with Crippen LogP contribution in [0.3, 0.4) is 0 Å². The predicted molar refractivity (Wildman–Crippen MR) is 190 cm³/mol. The van der Waals surface area contributed by atoms with Crippen molar-refractivity contribution in [3.8, 4) is 22.4 Å². The zero-order valence-corrected chi connectivity index (χ0v) is 30.3. The predicted octanol–water partition coefficient (Wildman–Crippen LogP) is 3.58. The minimum Gasteiger partial charge on any atom is -0.387 e. The van der Waals surface area contributed by atoms with Crippen LogP contribution >= 0.6 is 11.6 Å². The van der Waals surface area contributed by atoms with Crippen LogP contribution in [0, 0.1) is 18.6 Å². The molecule has 2 unspecified atom stereocenters. The van der Waals surface area contributed by atoms with Gasteiger partial charge < -0.3 is 34.0 Å². The topological polar surface area (TPSA) is 135 Å². The summed E-state index contributed by atoms with van der Waals surface area (Å²) in [6.45, 7) is 5.71. The molecule has 13 nitrogen and oxygen atoms in total. The molecule has 2 aromatic carbocycles. The van der Waals surface area contributed by atoms with Gasteiger partial charge in [0, 0.05) is 75.3 Å². The Kier molecular flexibility index (Phi) is 10.8. The van der Waals surface area contributed by atoms with E-state index in [0.29, 0.717) is 80.3 Å². The van der Waals surface area contributed by atoms with Crippen molar-refractivity contribution in [1.82, 2.24) is 29.1 Å². The van der Waals surface area contributed by atoms with Crippen molar-refractivity contribution in [2.45, 2.75) is 26.0 Å². The average molecular weight is 740 g/mol. The number of ether oxygens (including phenoxy) is 1. The van der Waals surface area contributed by atoms with E-state index in [1.807, 2.05) is 7.05 Å². The van der Waals surface area contributed by atoms with Crippen LogP contribution in [0.4, 0.5) is 14.5 Å². The van der Waals surface area contributed by atoms with Crippen molar-refractivity contribution in [3.05, 3.63) is 76.5 Å². The molecule has 4 aromatic rings. The number of benzene rings is 2. The number of nitrogens with zero attached hydrogens (tertiary/aromatic N) is 7. The molecule has 2 aliphatic rings. The molecule has 2 fully saturated rings. The number of aliphatic hydroxyl groups excluding tert-OH is 1. The van der Waals surface area contributed by atoms with Crippen LogP contribution in [0.5, 0.6) is 0 Å². The third-order valence-corrected chi connectivity index (χ3v) is 10.2. The van der Waals surface area contributed by atoms with E-state index >= 15 is 8.78 Å². The molecule has 0 radical (unpaired) electrons. The fourth-order valence-electron chi connectivity index (χ4n) is 6.91. The molecular formula is C36H42ClF2N8O5+. The van der Waals surface area contributed by atoms with Crippen molar-refractivity contribution in [1.29, 1.82) is 0 Å². The molecule has 0 saturated carbocycles. The number of halogens is 3. The van der Waals surface area contributed by atoms with E-state index in [1.54, 1.807) is 40.8 Å². The Bertz CT molecular complexity index is 2010. The fraction of sp³-hybridized carbons (Fsp3) is 0.417. The zero-order valence-electron chi connectivity index (χ0n) is 29.5. The minimum atomic E-state index is -1.09. The molecule has 2 atom stereocenters.